The summed E-state index contributed by atoms with van der Waals surface area (Å²) < 4.78 is 7.14. The summed E-state index contributed by atoms with van der Waals surface area (Å²) in [5, 5.41) is 2.02. The molecule has 2 fully saturated rings. The minimum Gasteiger partial charge on any atom is -0.375 e. The van der Waals surface area contributed by atoms with E-state index in [1.807, 2.05) is 17.5 Å². The molecule has 1 saturated carbocycles. The molecule has 1 unspecified atom stereocenters. The Bertz CT molecular complexity index is 672. The summed E-state index contributed by atoms with van der Waals surface area (Å²) in [6.07, 6.45) is 8.22. The molecule has 0 N–H and O–H groups in total. The van der Waals surface area contributed by atoms with Gasteiger partial charge in [0.25, 0.3) is 0 Å². The maximum absolute atomic E-state index is 12.8. The van der Waals surface area contributed by atoms with Crippen LogP contribution in [-0.4, -0.2) is 23.0 Å². The highest BCUT2D eigenvalue weighted by Crippen LogP contribution is 2.42. The summed E-state index contributed by atoms with van der Waals surface area (Å²) in [7, 11) is 0. The molecule has 1 saturated heterocycles. The Kier molecular flexibility index (Phi) is 3.31. The van der Waals surface area contributed by atoms with Gasteiger partial charge in [-0.3, -0.25) is 9.78 Å². The van der Waals surface area contributed by atoms with Gasteiger partial charge in [0, 0.05) is 24.3 Å². The van der Waals surface area contributed by atoms with Crippen LogP contribution >= 0.6 is 11.3 Å². The molecule has 1 aliphatic carbocycles. The van der Waals surface area contributed by atoms with Crippen LogP contribution in [-0.2, 0) is 4.74 Å². The van der Waals surface area contributed by atoms with Crippen LogP contribution in [0.3, 0.4) is 0 Å². The Hall–Kier alpha value is -1.26. The predicted octanol–water partition coefficient (Wildman–Crippen LogP) is 4.22. The highest BCUT2D eigenvalue weighted by atomic mass is 32.1. The number of rotatable bonds is 2. The van der Waals surface area contributed by atoms with E-state index in [1.165, 1.54) is 12.8 Å². The number of aromatic nitrogens is 1. The predicted molar refractivity (Wildman–Crippen MR) is 83.8 cm³/mol. The zero-order chi connectivity index (χ0) is 14.3. The van der Waals surface area contributed by atoms with E-state index in [2.05, 4.69) is 4.98 Å². The standard InChI is InChI=1S/C17H19NO2S/c19-16(13-9-15-14(18-11-13)4-8-21-15)12-3-7-20-17(10-12)5-1-2-6-17/h4,8-9,11-12H,1-3,5-7,10H2. The van der Waals surface area contributed by atoms with E-state index >= 15 is 0 Å². The lowest BCUT2D eigenvalue weighted by Gasteiger charge is -2.37. The maximum atomic E-state index is 12.8. The van der Waals surface area contributed by atoms with Crippen molar-refractivity contribution in [2.75, 3.05) is 6.61 Å². The number of pyridine rings is 1. The fraction of sp³-hybridized carbons (Fsp3) is 0.529. The van der Waals surface area contributed by atoms with E-state index in [-0.39, 0.29) is 17.3 Å². The van der Waals surface area contributed by atoms with E-state index in [1.54, 1.807) is 17.5 Å². The van der Waals surface area contributed by atoms with Gasteiger partial charge in [-0.1, -0.05) is 12.8 Å². The zero-order valence-corrected chi connectivity index (χ0v) is 12.8. The minimum absolute atomic E-state index is 0.000954. The smallest absolute Gasteiger partial charge is 0.167 e. The van der Waals surface area contributed by atoms with Crippen molar-refractivity contribution in [3.05, 3.63) is 29.3 Å². The molecule has 21 heavy (non-hydrogen) atoms. The molecule has 0 radical (unpaired) electrons. The number of fused-ring (bicyclic) bond motifs is 1. The summed E-state index contributed by atoms with van der Waals surface area (Å²) in [5.41, 5.74) is 1.75. The Morgan fingerprint density at radius 1 is 1.38 bits per heavy atom. The van der Waals surface area contributed by atoms with E-state index in [0.29, 0.717) is 0 Å². The van der Waals surface area contributed by atoms with Crippen LogP contribution < -0.4 is 0 Å². The van der Waals surface area contributed by atoms with Crippen molar-refractivity contribution in [2.45, 2.75) is 44.1 Å². The second-order valence-corrected chi connectivity index (χ2v) is 7.27. The lowest BCUT2D eigenvalue weighted by atomic mass is 9.81. The molecule has 0 bridgehead atoms. The number of carbonyl (C=O) groups excluding carboxylic acids is 1. The monoisotopic (exact) mass is 301 g/mol. The molecule has 3 nitrogen and oxygen atoms in total. The van der Waals surface area contributed by atoms with Crippen molar-refractivity contribution < 1.29 is 9.53 Å². The van der Waals surface area contributed by atoms with Crippen molar-refractivity contribution in [2.24, 2.45) is 5.92 Å². The third kappa shape index (κ3) is 2.40. The van der Waals surface area contributed by atoms with Crippen molar-refractivity contribution in [1.29, 1.82) is 0 Å². The fourth-order valence-corrected chi connectivity index (χ4v) is 4.62. The Labute approximate surface area is 128 Å². The average molecular weight is 301 g/mol. The van der Waals surface area contributed by atoms with Crippen LogP contribution in [0.2, 0.25) is 0 Å². The normalized spacial score (nSPS) is 24.7. The second-order valence-electron chi connectivity index (χ2n) is 6.32. The van der Waals surface area contributed by atoms with Crippen LogP contribution in [0.4, 0.5) is 0 Å². The number of thiophene rings is 1. The molecule has 1 aliphatic heterocycles. The number of hydrogen-bond donors (Lipinski definition) is 0. The van der Waals surface area contributed by atoms with Gasteiger partial charge in [-0.2, -0.15) is 0 Å². The van der Waals surface area contributed by atoms with Crippen molar-refractivity contribution in [1.82, 2.24) is 4.98 Å². The molecular formula is C17H19NO2S. The first-order chi connectivity index (χ1) is 10.3. The molecule has 110 valence electrons. The molecule has 3 heterocycles. The molecule has 0 aromatic carbocycles. The van der Waals surface area contributed by atoms with Gasteiger partial charge in [0.15, 0.2) is 5.78 Å². The van der Waals surface area contributed by atoms with Crippen molar-refractivity contribution in [3.63, 3.8) is 0 Å². The van der Waals surface area contributed by atoms with Crippen LogP contribution in [0.5, 0.6) is 0 Å². The molecule has 4 heteroatoms. The summed E-state index contributed by atoms with van der Waals surface area (Å²) >= 11 is 1.64. The van der Waals surface area contributed by atoms with Crippen LogP contribution in [0.1, 0.15) is 48.9 Å². The first-order valence-electron chi connectivity index (χ1n) is 7.77. The van der Waals surface area contributed by atoms with Crippen LogP contribution in [0.25, 0.3) is 10.2 Å². The quantitative estimate of drug-likeness (QED) is 0.780. The van der Waals surface area contributed by atoms with Gasteiger partial charge in [-0.15, -0.1) is 11.3 Å². The van der Waals surface area contributed by atoms with Gasteiger partial charge in [0.05, 0.1) is 15.8 Å². The number of ketones is 1. The van der Waals surface area contributed by atoms with Gasteiger partial charge in [0.1, 0.15) is 0 Å². The number of nitrogens with zero attached hydrogens (tertiary/aromatic N) is 1. The SMILES string of the molecule is O=C(c1cnc2ccsc2c1)C1CCOC2(CCCC2)C1. The van der Waals surface area contributed by atoms with Gasteiger partial charge in [0.2, 0.25) is 0 Å². The van der Waals surface area contributed by atoms with E-state index in [9.17, 15) is 4.79 Å². The third-order valence-corrected chi connectivity index (χ3v) is 5.82. The van der Waals surface area contributed by atoms with Gasteiger partial charge in [-0.25, -0.2) is 0 Å². The average Bonchev–Trinajstić information content (AvgIpc) is 3.15. The highest BCUT2D eigenvalue weighted by molar-refractivity contribution is 7.17. The summed E-state index contributed by atoms with van der Waals surface area (Å²) in [6, 6.07) is 4.00. The molecule has 1 atom stereocenters. The molecule has 4 rings (SSSR count). The number of ether oxygens (including phenoxy) is 1. The molecule has 1 spiro atoms. The maximum Gasteiger partial charge on any atom is 0.167 e. The number of hydrogen-bond acceptors (Lipinski definition) is 4. The Morgan fingerprint density at radius 2 is 2.24 bits per heavy atom. The first-order valence-corrected chi connectivity index (χ1v) is 8.65. The minimum atomic E-state index is -0.000954. The van der Waals surface area contributed by atoms with E-state index in [4.69, 9.17) is 4.74 Å². The molecular weight excluding hydrogens is 282 g/mol. The lowest BCUT2D eigenvalue weighted by Crippen LogP contribution is -2.39. The summed E-state index contributed by atoms with van der Waals surface area (Å²) in [4.78, 5) is 17.2. The topological polar surface area (TPSA) is 39.2 Å². The van der Waals surface area contributed by atoms with Crippen LogP contribution in [0.15, 0.2) is 23.7 Å². The molecule has 0 amide bonds. The Morgan fingerprint density at radius 3 is 3.10 bits per heavy atom. The van der Waals surface area contributed by atoms with Crippen LogP contribution in [0, 0.1) is 5.92 Å². The summed E-state index contributed by atoms with van der Waals surface area (Å²) in [6.45, 7) is 0.727. The molecule has 2 aliphatic rings. The van der Waals surface area contributed by atoms with Gasteiger partial charge < -0.3 is 4.74 Å². The molecule has 2 aromatic rings. The van der Waals surface area contributed by atoms with E-state index in [0.717, 1.165) is 48.1 Å². The zero-order valence-electron chi connectivity index (χ0n) is 12.0. The van der Waals surface area contributed by atoms with Crippen molar-refractivity contribution in [3.8, 4) is 0 Å². The second kappa shape index (κ2) is 5.18. The molecule has 2 aromatic heterocycles. The van der Waals surface area contributed by atoms with E-state index < -0.39 is 0 Å². The van der Waals surface area contributed by atoms with Crippen molar-refractivity contribution >= 4 is 27.3 Å². The number of carbonyl (C=O) groups is 1. The first kappa shape index (κ1) is 13.4. The lowest BCUT2D eigenvalue weighted by molar-refractivity contribution is -0.0866. The Balaban J connectivity index is 1.58. The van der Waals surface area contributed by atoms with Gasteiger partial charge in [-0.05, 0) is 43.2 Å². The third-order valence-electron chi connectivity index (χ3n) is 4.97. The summed E-state index contributed by atoms with van der Waals surface area (Å²) in [5.74, 6) is 0.364. The fourth-order valence-electron chi connectivity index (χ4n) is 3.84. The highest BCUT2D eigenvalue weighted by Gasteiger charge is 2.42. The number of Topliss-reactive ketones (excluding diaryl/α,β-unsaturated/α-hetero) is 1. The van der Waals surface area contributed by atoms with Gasteiger partial charge >= 0.3 is 0 Å². The largest absolute Gasteiger partial charge is 0.375 e.